The fourth-order valence-corrected chi connectivity index (χ4v) is 2.45. The summed E-state index contributed by atoms with van der Waals surface area (Å²) in [5.74, 6) is -0.606. The second-order valence-corrected chi connectivity index (χ2v) is 5.64. The van der Waals surface area contributed by atoms with Crippen LogP contribution >= 0.6 is 0 Å². The van der Waals surface area contributed by atoms with Gasteiger partial charge in [0.25, 0.3) is 0 Å². The molecule has 0 aliphatic carbocycles. The SMILES string of the molecule is CC(=O)c1c(F)cccc1NCc1ccc(Oc2cccc(F)c2)nc1. The lowest BCUT2D eigenvalue weighted by Crippen LogP contribution is -2.07. The summed E-state index contributed by atoms with van der Waals surface area (Å²) < 4.78 is 32.4. The zero-order valence-electron chi connectivity index (χ0n) is 14.0. The molecule has 0 fully saturated rings. The van der Waals surface area contributed by atoms with Crippen molar-refractivity contribution in [3.63, 3.8) is 0 Å². The summed E-state index contributed by atoms with van der Waals surface area (Å²) in [4.78, 5) is 15.8. The van der Waals surface area contributed by atoms with E-state index in [0.717, 1.165) is 5.56 Å². The van der Waals surface area contributed by atoms with Crippen LogP contribution in [0.2, 0.25) is 0 Å². The highest BCUT2D eigenvalue weighted by atomic mass is 19.1. The first kappa shape index (κ1) is 17.5. The summed E-state index contributed by atoms with van der Waals surface area (Å²) in [5.41, 5.74) is 1.28. The predicted octanol–water partition coefficient (Wildman–Crippen LogP) is 4.97. The standard InChI is InChI=1S/C20H16F2N2O2/c1-13(25)20-17(22)6-3-7-18(20)23-11-14-8-9-19(24-12-14)26-16-5-2-4-15(21)10-16/h2-10,12,23H,11H2,1H3. The second kappa shape index (κ2) is 7.74. The second-order valence-electron chi connectivity index (χ2n) is 5.64. The molecule has 4 nitrogen and oxygen atoms in total. The lowest BCUT2D eigenvalue weighted by molar-refractivity contribution is 0.101. The van der Waals surface area contributed by atoms with Gasteiger partial charge in [-0.05, 0) is 36.8 Å². The van der Waals surface area contributed by atoms with E-state index >= 15 is 0 Å². The molecule has 0 atom stereocenters. The fourth-order valence-electron chi connectivity index (χ4n) is 2.45. The molecule has 0 spiro atoms. The van der Waals surface area contributed by atoms with Gasteiger partial charge in [-0.1, -0.05) is 18.2 Å². The van der Waals surface area contributed by atoms with Crippen molar-refractivity contribution in [2.75, 3.05) is 5.32 Å². The molecule has 3 aromatic rings. The Kier molecular flexibility index (Phi) is 5.22. The number of hydrogen-bond acceptors (Lipinski definition) is 4. The number of halogens is 2. The van der Waals surface area contributed by atoms with Crippen LogP contribution in [0.15, 0.2) is 60.8 Å². The molecule has 1 N–H and O–H groups in total. The van der Waals surface area contributed by atoms with Crippen LogP contribution < -0.4 is 10.1 Å². The minimum absolute atomic E-state index is 0.0338. The van der Waals surface area contributed by atoms with Crippen molar-refractivity contribution in [2.45, 2.75) is 13.5 Å². The number of carbonyl (C=O) groups is 1. The average molecular weight is 354 g/mol. The van der Waals surface area contributed by atoms with E-state index in [4.69, 9.17) is 4.74 Å². The summed E-state index contributed by atoms with van der Waals surface area (Å²) >= 11 is 0. The van der Waals surface area contributed by atoms with Crippen LogP contribution in [0, 0.1) is 11.6 Å². The number of ether oxygens (including phenoxy) is 1. The molecule has 6 heteroatoms. The Bertz CT molecular complexity index is 927. The highest BCUT2D eigenvalue weighted by Crippen LogP contribution is 2.22. The number of ketones is 1. The molecule has 132 valence electrons. The third-order valence-corrected chi connectivity index (χ3v) is 3.66. The van der Waals surface area contributed by atoms with Gasteiger partial charge in [-0.2, -0.15) is 0 Å². The van der Waals surface area contributed by atoms with Gasteiger partial charge in [-0.15, -0.1) is 0 Å². The Morgan fingerprint density at radius 3 is 2.62 bits per heavy atom. The fraction of sp³-hybridized carbons (Fsp3) is 0.100. The first-order chi connectivity index (χ1) is 12.5. The topological polar surface area (TPSA) is 51.2 Å². The average Bonchev–Trinajstić information content (AvgIpc) is 2.61. The third kappa shape index (κ3) is 4.22. The zero-order valence-corrected chi connectivity index (χ0v) is 14.0. The van der Waals surface area contributed by atoms with Crippen LogP contribution in [-0.2, 0) is 6.54 Å². The minimum Gasteiger partial charge on any atom is -0.439 e. The van der Waals surface area contributed by atoms with Gasteiger partial charge in [0.2, 0.25) is 5.88 Å². The maximum Gasteiger partial charge on any atom is 0.219 e. The van der Waals surface area contributed by atoms with E-state index in [9.17, 15) is 13.6 Å². The van der Waals surface area contributed by atoms with Crippen LogP contribution in [-0.4, -0.2) is 10.8 Å². The molecule has 0 unspecified atom stereocenters. The molecule has 0 aliphatic rings. The maximum absolute atomic E-state index is 13.8. The third-order valence-electron chi connectivity index (χ3n) is 3.66. The van der Waals surface area contributed by atoms with Crippen molar-refractivity contribution >= 4 is 11.5 Å². The number of aromatic nitrogens is 1. The molecule has 0 saturated heterocycles. The van der Waals surface area contributed by atoms with Crippen molar-refractivity contribution in [3.05, 3.63) is 83.6 Å². The zero-order chi connectivity index (χ0) is 18.5. The van der Waals surface area contributed by atoms with Crippen LogP contribution in [0.5, 0.6) is 11.6 Å². The quantitative estimate of drug-likeness (QED) is 0.635. The van der Waals surface area contributed by atoms with E-state index in [1.165, 1.54) is 31.2 Å². The summed E-state index contributed by atoms with van der Waals surface area (Å²) in [5, 5.41) is 3.04. The van der Waals surface area contributed by atoms with Gasteiger partial charge >= 0.3 is 0 Å². The monoisotopic (exact) mass is 354 g/mol. The molecule has 0 bridgehead atoms. The highest BCUT2D eigenvalue weighted by Gasteiger charge is 2.12. The molecule has 1 heterocycles. The summed E-state index contributed by atoms with van der Waals surface area (Å²) in [6.45, 7) is 1.68. The number of pyridine rings is 1. The molecule has 26 heavy (non-hydrogen) atoms. The van der Waals surface area contributed by atoms with E-state index in [1.54, 1.807) is 36.5 Å². The molecule has 2 aromatic carbocycles. The number of hydrogen-bond donors (Lipinski definition) is 1. The van der Waals surface area contributed by atoms with E-state index in [-0.39, 0.29) is 17.2 Å². The van der Waals surface area contributed by atoms with Crippen molar-refractivity contribution in [2.24, 2.45) is 0 Å². The number of anilines is 1. The first-order valence-corrected chi connectivity index (χ1v) is 7.94. The van der Waals surface area contributed by atoms with Crippen LogP contribution in [0.4, 0.5) is 14.5 Å². The van der Waals surface area contributed by atoms with Crippen molar-refractivity contribution < 1.29 is 18.3 Å². The van der Waals surface area contributed by atoms with E-state index in [0.29, 0.717) is 23.9 Å². The van der Waals surface area contributed by atoms with Crippen molar-refractivity contribution in [3.8, 4) is 11.6 Å². The van der Waals surface area contributed by atoms with Gasteiger partial charge in [-0.3, -0.25) is 4.79 Å². The number of nitrogens with zero attached hydrogens (tertiary/aromatic N) is 1. The smallest absolute Gasteiger partial charge is 0.219 e. The van der Waals surface area contributed by atoms with Crippen molar-refractivity contribution in [1.29, 1.82) is 0 Å². The lowest BCUT2D eigenvalue weighted by Gasteiger charge is -2.11. The van der Waals surface area contributed by atoms with Crippen LogP contribution in [0.25, 0.3) is 0 Å². The van der Waals surface area contributed by atoms with Crippen molar-refractivity contribution in [1.82, 2.24) is 4.98 Å². The van der Waals surface area contributed by atoms with Crippen LogP contribution in [0.3, 0.4) is 0 Å². The number of rotatable bonds is 6. The molecule has 0 radical (unpaired) electrons. The molecular weight excluding hydrogens is 338 g/mol. The Hall–Kier alpha value is -3.28. The molecule has 0 saturated carbocycles. The summed E-state index contributed by atoms with van der Waals surface area (Å²) in [6.07, 6.45) is 1.59. The molecule has 0 aliphatic heterocycles. The minimum atomic E-state index is -0.556. The Morgan fingerprint density at radius 2 is 1.92 bits per heavy atom. The van der Waals surface area contributed by atoms with E-state index in [2.05, 4.69) is 10.3 Å². The van der Waals surface area contributed by atoms with Gasteiger partial charge in [0.15, 0.2) is 5.78 Å². The molecule has 0 amide bonds. The number of Topliss-reactive ketones (excluding diaryl/α,β-unsaturated/α-hetero) is 1. The summed E-state index contributed by atoms with van der Waals surface area (Å²) in [7, 11) is 0. The van der Waals surface area contributed by atoms with E-state index < -0.39 is 5.82 Å². The van der Waals surface area contributed by atoms with E-state index in [1.807, 2.05) is 0 Å². The van der Waals surface area contributed by atoms with Gasteiger partial charge in [0.1, 0.15) is 17.4 Å². The van der Waals surface area contributed by atoms with Crippen LogP contribution in [0.1, 0.15) is 22.8 Å². The number of benzene rings is 2. The lowest BCUT2D eigenvalue weighted by atomic mass is 10.1. The van der Waals surface area contributed by atoms with Gasteiger partial charge < -0.3 is 10.1 Å². The number of carbonyl (C=O) groups excluding carboxylic acids is 1. The normalized spacial score (nSPS) is 10.4. The van der Waals surface area contributed by atoms with Gasteiger partial charge in [0.05, 0.1) is 5.56 Å². The predicted molar refractivity (Wildman–Crippen MR) is 94.4 cm³/mol. The van der Waals surface area contributed by atoms with Gasteiger partial charge in [-0.25, -0.2) is 13.8 Å². The Labute approximate surface area is 149 Å². The number of nitrogens with one attached hydrogen (secondary N) is 1. The Balaban J connectivity index is 1.67. The Morgan fingerprint density at radius 1 is 1.12 bits per heavy atom. The maximum atomic E-state index is 13.8. The van der Waals surface area contributed by atoms with Gasteiger partial charge in [0, 0.05) is 30.6 Å². The highest BCUT2D eigenvalue weighted by molar-refractivity contribution is 5.99. The molecule has 1 aromatic heterocycles. The summed E-state index contributed by atoms with van der Waals surface area (Å²) in [6, 6.07) is 13.7. The largest absolute Gasteiger partial charge is 0.439 e. The first-order valence-electron chi connectivity index (χ1n) is 7.94. The molecule has 3 rings (SSSR count). The molecular formula is C20H16F2N2O2.